The van der Waals surface area contributed by atoms with Gasteiger partial charge < -0.3 is 20.3 Å². The van der Waals surface area contributed by atoms with E-state index in [1.165, 1.54) is 24.3 Å². The lowest BCUT2D eigenvalue weighted by Crippen LogP contribution is -2.50. The minimum absolute atomic E-state index is 0.257. The number of ether oxygens (including phenoxy) is 1. The highest BCUT2D eigenvalue weighted by atomic mass is 19.1. The molecule has 0 unspecified atom stereocenters. The van der Waals surface area contributed by atoms with Gasteiger partial charge >= 0.3 is 12.1 Å². The normalized spacial score (nSPS) is 18.0. The first-order chi connectivity index (χ1) is 18.2. The topological polar surface area (TPSA) is 70.7 Å². The average Bonchev–Trinajstić information content (AvgIpc) is 2.89. The zero-order valence-corrected chi connectivity index (χ0v) is 21.3. The summed E-state index contributed by atoms with van der Waals surface area (Å²) in [7, 11) is 0. The number of cyclic esters (lactones) is 1. The number of rotatable bonds is 8. The zero-order chi connectivity index (χ0) is 27.3. The fourth-order valence-electron chi connectivity index (χ4n) is 4.74. The number of hydrogen-bond donors (Lipinski definition) is 2. The summed E-state index contributed by atoms with van der Waals surface area (Å²) in [4.78, 5) is 26.7. The van der Waals surface area contributed by atoms with Crippen LogP contribution < -0.4 is 10.6 Å². The van der Waals surface area contributed by atoms with Crippen molar-refractivity contribution in [1.29, 1.82) is 0 Å². The number of amides is 3. The van der Waals surface area contributed by atoms with Gasteiger partial charge in [-0.05, 0) is 54.8 Å². The zero-order valence-electron chi connectivity index (χ0n) is 21.3. The average molecular weight is 526 g/mol. The maximum absolute atomic E-state index is 14.2. The van der Waals surface area contributed by atoms with Gasteiger partial charge in [-0.25, -0.2) is 22.8 Å². The Morgan fingerprint density at radius 2 is 1.68 bits per heavy atom. The number of carbonyl (C=O) groups excluding carboxylic acids is 2. The largest absolute Gasteiger partial charge is 0.438 e. The molecule has 0 aromatic heterocycles. The van der Waals surface area contributed by atoms with Gasteiger partial charge in [0.05, 0.1) is 6.04 Å². The third-order valence-corrected chi connectivity index (χ3v) is 6.90. The quantitative estimate of drug-likeness (QED) is 0.364. The standard InChI is InChI=1S/C29H30F3N3O3/c1-3-33-27(36)34-16-14-29(22-8-10-23(30)11-9-22)15-17-35(28(37)38-29)19(2)20-4-6-21(7-5-20)25-13-12-24(31)18-26(25)32/h4-13,18-19H,3,14-17H2,1-2H3,(H2,33,34,36)/t19-,29+/m0/s1. The van der Waals surface area contributed by atoms with Gasteiger partial charge in [0.25, 0.3) is 0 Å². The molecule has 9 heteroatoms. The third-order valence-electron chi connectivity index (χ3n) is 6.90. The smallest absolute Gasteiger partial charge is 0.411 e. The number of nitrogens with zero attached hydrogens (tertiary/aromatic N) is 1. The number of nitrogens with one attached hydrogen (secondary N) is 2. The van der Waals surface area contributed by atoms with Crippen LogP contribution in [0.5, 0.6) is 0 Å². The second-order valence-corrected chi connectivity index (χ2v) is 9.27. The number of hydrogen-bond acceptors (Lipinski definition) is 3. The molecule has 200 valence electrons. The fourth-order valence-corrected chi connectivity index (χ4v) is 4.74. The van der Waals surface area contributed by atoms with Crippen molar-refractivity contribution in [3.8, 4) is 11.1 Å². The van der Waals surface area contributed by atoms with Crippen LogP contribution in [0.15, 0.2) is 66.7 Å². The molecule has 38 heavy (non-hydrogen) atoms. The van der Waals surface area contributed by atoms with Crippen LogP contribution in [0.25, 0.3) is 11.1 Å². The summed E-state index contributed by atoms with van der Waals surface area (Å²) in [6.45, 7) is 4.79. The molecule has 6 nitrogen and oxygen atoms in total. The van der Waals surface area contributed by atoms with Gasteiger partial charge in [0, 0.05) is 44.1 Å². The SMILES string of the molecule is CCNC(=O)NCC[C@]1(c2ccc(F)cc2)CCN([C@@H](C)c2ccc(-c3ccc(F)cc3F)cc2)C(=O)O1. The van der Waals surface area contributed by atoms with E-state index in [9.17, 15) is 22.8 Å². The van der Waals surface area contributed by atoms with E-state index in [1.54, 1.807) is 41.3 Å². The van der Waals surface area contributed by atoms with Crippen LogP contribution in [0.2, 0.25) is 0 Å². The van der Waals surface area contributed by atoms with Crippen LogP contribution in [0, 0.1) is 17.5 Å². The molecule has 4 rings (SSSR count). The van der Waals surface area contributed by atoms with Gasteiger partial charge in [0.15, 0.2) is 0 Å². The molecule has 0 radical (unpaired) electrons. The van der Waals surface area contributed by atoms with E-state index in [-0.39, 0.29) is 24.2 Å². The Morgan fingerprint density at radius 1 is 1.00 bits per heavy atom. The Labute approximate surface area is 219 Å². The molecule has 0 bridgehead atoms. The molecule has 0 spiro atoms. The van der Waals surface area contributed by atoms with Crippen LogP contribution in [-0.2, 0) is 10.3 Å². The number of benzene rings is 3. The molecule has 0 saturated carbocycles. The summed E-state index contributed by atoms with van der Waals surface area (Å²) in [5, 5.41) is 5.42. The van der Waals surface area contributed by atoms with Crippen molar-refractivity contribution < 1.29 is 27.5 Å². The van der Waals surface area contributed by atoms with Crippen molar-refractivity contribution in [1.82, 2.24) is 15.5 Å². The molecule has 1 fully saturated rings. The molecule has 3 amide bonds. The molecule has 2 N–H and O–H groups in total. The van der Waals surface area contributed by atoms with E-state index in [2.05, 4.69) is 10.6 Å². The van der Waals surface area contributed by atoms with E-state index in [0.29, 0.717) is 37.1 Å². The highest BCUT2D eigenvalue weighted by Gasteiger charge is 2.43. The fraction of sp³-hybridized carbons (Fsp3) is 0.310. The van der Waals surface area contributed by atoms with E-state index < -0.39 is 29.1 Å². The summed E-state index contributed by atoms with van der Waals surface area (Å²) < 4.78 is 47.1. The van der Waals surface area contributed by atoms with Gasteiger partial charge in [0.1, 0.15) is 23.1 Å². The first-order valence-electron chi connectivity index (χ1n) is 12.5. The van der Waals surface area contributed by atoms with Crippen molar-refractivity contribution in [3.63, 3.8) is 0 Å². The Balaban J connectivity index is 1.49. The highest BCUT2D eigenvalue weighted by molar-refractivity contribution is 5.73. The molecule has 1 saturated heterocycles. The Morgan fingerprint density at radius 3 is 2.32 bits per heavy atom. The lowest BCUT2D eigenvalue weighted by Gasteiger charge is -2.43. The lowest BCUT2D eigenvalue weighted by atomic mass is 9.85. The summed E-state index contributed by atoms with van der Waals surface area (Å²) in [6, 6.07) is 15.7. The Bertz CT molecular complexity index is 1280. The van der Waals surface area contributed by atoms with Crippen molar-refractivity contribution in [2.75, 3.05) is 19.6 Å². The molecule has 3 aromatic carbocycles. The summed E-state index contributed by atoms with van der Waals surface area (Å²) in [5.41, 5.74) is 1.33. The highest BCUT2D eigenvalue weighted by Crippen LogP contribution is 2.39. The summed E-state index contributed by atoms with van der Waals surface area (Å²) in [5.74, 6) is -1.69. The Hall–Kier alpha value is -4.01. The van der Waals surface area contributed by atoms with Gasteiger partial charge in [0.2, 0.25) is 0 Å². The molecular weight excluding hydrogens is 495 g/mol. The van der Waals surface area contributed by atoms with E-state index in [4.69, 9.17) is 4.74 Å². The molecule has 3 aromatic rings. The first kappa shape index (κ1) is 27.0. The van der Waals surface area contributed by atoms with Crippen molar-refractivity contribution in [2.24, 2.45) is 0 Å². The van der Waals surface area contributed by atoms with Gasteiger partial charge in [-0.1, -0.05) is 36.4 Å². The van der Waals surface area contributed by atoms with Crippen LogP contribution in [0.1, 0.15) is 43.9 Å². The van der Waals surface area contributed by atoms with Crippen LogP contribution >= 0.6 is 0 Å². The number of halogens is 3. The van der Waals surface area contributed by atoms with Crippen molar-refractivity contribution >= 4 is 12.1 Å². The van der Waals surface area contributed by atoms with Gasteiger partial charge in [-0.3, -0.25) is 0 Å². The summed E-state index contributed by atoms with van der Waals surface area (Å²) in [6.07, 6.45) is 0.228. The first-order valence-corrected chi connectivity index (χ1v) is 12.5. The monoisotopic (exact) mass is 525 g/mol. The molecule has 1 aliphatic heterocycles. The second kappa shape index (κ2) is 11.6. The van der Waals surface area contributed by atoms with Gasteiger partial charge in [-0.15, -0.1) is 0 Å². The maximum atomic E-state index is 14.2. The van der Waals surface area contributed by atoms with Crippen LogP contribution in [0.3, 0.4) is 0 Å². The van der Waals surface area contributed by atoms with Crippen LogP contribution in [-0.4, -0.2) is 36.7 Å². The molecule has 0 aliphatic carbocycles. The molecule has 1 aliphatic rings. The number of urea groups is 1. The van der Waals surface area contributed by atoms with Gasteiger partial charge in [-0.2, -0.15) is 0 Å². The van der Waals surface area contributed by atoms with E-state index in [0.717, 1.165) is 11.6 Å². The summed E-state index contributed by atoms with van der Waals surface area (Å²) >= 11 is 0. The third kappa shape index (κ3) is 5.93. The van der Waals surface area contributed by atoms with Crippen molar-refractivity contribution in [2.45, 2.75) is 38.3 Å². The van der Waals surface area contributed by atoms with Crippen molar-refractivity contribution in [3.05, 3.63) is 95.3 Å². The second-order valence-electron chi connectivity index (χ2n) is 9.27. The maximum Gasteiger partial charge on any atom is 0.411 e. The lowest BCUT2D eigenvalue weighted by molar-refractivity contribution is -0.0647. The van der Waals surface area contributed by atoms with E-state index in [1.807, 2.05) is 13.8 Å². The Kier molecular flexibility index (Phi) is 8.24. The van der Waals surface area contributed by atoms with Crippen LogP contribution in [0.4, 0.5) is 22.8 Å². The molecular formula is C29H30F3N3O3. The predicted molar refractivity (Wildman–Crippen MR) is 138 cm³/mol. The number of carbonyl (C=O) groups is 2. The minimum atomic E-state index is -1.02. The minimum Gasteiger partial charge on any atom is -0.438 e. The predicted octanol–water partition coefficient (Wildman–Crippen LogP) is 6.28. The molecule has 2 atom stereocenters. The molecule has 1 heterocycles. The van der Waals surface area contributed by atoms with E-state index >= 15 is 0 Å².